The topological polar surface area (TPSA) is 75.7 Å². The van der Waals surface area contributed by atoms with Crippen LogP contribution in [0.2, 0.25) is 0 Å². The van der Waals surface area contributed by atoms with Crippen LogP contribution in [0.25, 0.3) is 10.8 Å². The molecule has 0 radical (unpaired) electrons. The molecule has 6 nitrogen and oxygen atoms in total. The number of hydrazine groups is 1. The fourth-order valence-corrected chi connectivity index (χ4v) is 2.77. The number of fused-ring (bicyclic) bond motifs is 1. The van der Waals surface area contributed by atoms with Crippen LogP contribution in [0.1, 0.15) is 16.8 Å². The molecule has 1 atom stereocenters. The number of carbonyl (C=O) groups excluding carboxylic acids is 3. The maximum Gasteiger partial charge on any atom is 0.311 e. The number of methoxy groups -OCH3 is 1. The largest absolute Gasteiger partial charge is 0.469 e. The predicted molar refractivity (Wildman–Crippen MR) is 83.3 cm³/mol. The molecule has 2 aromatic carbocycles. The van der Waals surface area contributed by atoms with Crippen molar-refractivity contribution in [2.75, 3.05) is 13.7 Å². The molecule has 118 valence electrons. The smallest absolute Gasteiger partial charge is 0.311 e. The third-order valence-electron chi connectivity index (χ3n) is 3.89. The Morgan fingerprint density at radius 3 is 2.70 bits per heavy atom. The van der Waals surface area contributed by atoms with E-state index in [9.17, 15) is 14.4 Å². The van der Waals surface area contributed by atoms with Crippen LogP contribution in [0, 0.1) is 5.92 Å². The van der Waals surface area contributed by atoms with Gasteiger partial charge in [-0.15, -0.1) is 0 Å². The lowest BCUT2D eigenvalue weighted by Gasteiger charge is -2.31. The second-order valence-corrected chi connectivity index (χ2v) is 5.40. The summed E-state index contributed by atoms with van der Waals surface area (Å²) in [5.74, 6) is -1.85. The normalized spacial score (nSPS) is 17.7. The zero-order valence-electron chi connectivity index (χ0n) is 12.6. The average molecular weight is 312 g/mol. The van der Waals surface area contributed by atoms with Crippen LogP contribution in [0.4, 0.5) is 0 Å². The average Bonchev–Trinajstić information content (AvgIpc) is 2.59. The van der Waals surface area contributed by atoms with E-state index in [1.54, 1.807) is 12.1 Å². The summed E-state index contributed by atoms with van der Waals surface area (Å²) < 4.78 is 4.69. The predicted octanol–water partition coefficient (Wildman–Crippen LogP) is 1.51. The summed E-state index contributed by atoms with van der Waals surface area (Å²) in [4.78, 5) is 36.3. The van der Waals surface area contributed by atoms with Crippen molar-refractivity contribution < 1.29 is 19.1 Å². The van der Waals surface area contributed by atoms with Crippen LogP contribution in [-0.2, 0) is 14.3 Å². The van der Waals surface area contributed by atoms with E-state index in [1.807, 2.05) is 30.3 Å². The molecule has 1 heterocycles. The van der Waals surface area contributed by atoms with Gasteiger partial charge < -0.3 is 4.74 Å². The molecule has 1 fully saturated rings. The molecule has 0 aliphatic carbocycles. The lowest BCUT2D eigenvalue weighted by molar-refractivity contribution is -0.151. The van der Waals surface area contributed by atoms with Crippen molar-refractivity contribution in [3.63, 3.8) is 0 Å². The van der Waals surface area contributed by atoms with E-state index in [0.717, 1.165) is 10.8 Å². The highest BCUT2D eigenvalue weighted by molar-refractivity contribution is 6.07. The molecule has 23 heavy (non-hydrogen) atoms. The first-order valence-corrected chi connectivity index (χ1v) is 7.27. The van der Waals surface area contributed by atoms with Gasteiger partial charge in [-0.25, -0.2) is 5.01 Å². The second kappa shape index (κ2) is 6.08. The van der Waals surface area contributed by atoms with E-state index in [4.69, 9.17) is 0 Å². The lowest BCUT2D eigenvalue weighted by Crippen LogP contribution is -2.54. The zero-order chi connectivity index (χ0) is 16.4. The fraction of sp³-hybridized carbons (Fsp3) is 0.235. The number of amides is 2. The summed E-state index contributed by atoms with van der Waals surface area (Å²) in [7, 11) is 1.27. The van der Waals surface area contributed by atoms with Crippen molar-refractivity contribution in [2.45, 2.75) is 6.42 Å². The summed E-state index contributed by atoms with van der Waals surface area (Å²) in [6, 6.07) is 12.9. The minimum Gasteiger partial charge on any atom is -0.469 e. The quantitative estimate of drug-likeness (QED) is 0.853. The van der Waals surface area contributed by atoms with E-state index < -0.39 is 11.9 Å². The number of hydrogen-bond donors (Lipinski definition) is 1. The summed E-state index contributed by atoms with van der Waals surface area (Å²) in [5, 5.41) is 2.93. The monoisotopic (exact) mass is 312 g/mol. The van der Waals surface area contributed by atoms with E-state index in [2.05, 4.69) is 10.2 Å². The van der Waals surface area contributed by atoms with Gasteiger partial charge in [0.05, 0.1) is 19.6 Å². The Kier molecular flexibility index (Phi) is 3.97. The Morgan fingerprint density at radius 1 is 1.17 bits per heavy atom. The Morgan fingerprint density at radius 2 is 1.91 bits per heavy atom. The first-order chi connectivity index (χ1) is 11.1. The number of nitrogens with one attached hydrogen (secondary N) is 1. The Labute approximate surface area is 133 Å². The molecule has 0 spiro atoms. The molecule has 1 aliphatic heterocycles. The van der Waals surface area contributed by atoms with Gasteiger partial charge >= 0.3 is 5.97 Å². The Bertz CT molecular complexity index is 782. The first-order valence-electron chi connectivity index (χ1n) is 7.27. The third kappa shape index (κ3) is 2.88. The molecule has 1 aliphatic rings. The van der Waals surface area contributed by atoms with Gasteiger partial charge in [-0.3, -0.25) is 19.8 Å². The molecule has 1 unspecified atom stereocenters. The maximum absolute atomic E-state index is 12.8. The van der Waals surface area contributed by atoms with Crippen LogP contribution in [0.5, 0.6) is 0 Å². The van der Waals surface area contributed by atoms with E-state index >= 15 is 0 Å². The van der Waals surface area contributed by atoms with E-state index in [-0.39, 0.29) is 24.8 Å². The van der Waals surface area contributed by atoms with Gasteiger partial charge in [0.2, 0.25) is 5.91 Å². The lowest BCUT2D eigenvalue weighted by atomic mass is 10.0. The van der Waals surface area contributed by atoms with Gasteiger partial charge in [-0.2, -0.15) is 0 Å². The molecule has 1 N–H and O–H groups in total. The van der Waals surface area contributed by atoms with Crippen molar-refractivity contribution in [1.82, 2.24) is 10.4 Å². The zero-order valence-corrected chi connectivity index (χ0v) is 12.6. The number of rotatable bonds is 2. The van der Waals surface area contributed by atoms with E-state index in [0.29, 0.717) is 5.56 Å². The van der Waals surface area contributed by atoms with Crippen molar-refractivity contribution in [3.8, 4) is 0 Å². The Balaban J connectivity index is 1.92. The first kappa shape index (κ1) is 15.0. The second-order valence-electron chi connectivity index (χ2n) is 5.40. The maximum atomic E-state index is 12.8. The SMILES string of the molecule is COC(=O)C1CC(=O)NN(C(=O)c2cccc3ccccc23)C1. The van der Waals surface area contributed by atoms with Gasteiger partial charge in [0.15, 0.2) is 0 Å². The minimum absolute atomic E-state index is 0.0198. The molecular formula is C17H16N2O4. The minimum atomic E-state index is -0.646. The van der Waals surface area contributed by atoms with Gasteiger partial charge in [-0.05, 0) is 16.8 Å². The molecule has 2 amide bonds. The molecule has 1 saturated heterocycles. The number of ether oxygens (including phenoxy) is 1. The van der Waals surface area contributed by atoms with Crippen molar-refractivity contribution in [1.29, 1.82) is 0 Å². The number of esters is 1. The van der Waals surface area contributed by atoms with Gasteiger partial charge in [0, 0.05) is 12.0 Å². The highest BCUT2D eigenvalue weighted by Gasteiger charge is 2.34. The van der Waals surface area contributed by atoms with Crippen LogP contribution < -0.4 is 5.43 Å². The number of nitrogens with zero attached hydrogens (tertiary/aromatic N) is 1. The van der Waals surface area contributed by atoms with Crippen molar-refractivity contribution in [2.24, 2.45) is 5.92 Å². The van der Waals surface area contributed by atoms with Gasteiger partial charge in [0.25, 0.3) is 5.91 Å². The molecule has 2 aromatic rings. The summed E-state index contributed by atoms with van der Waals surface area (Å²) >= 11 is 0. The Hall–Kier alpha value is -2.89. The van der Waals surface area contributed by atoms with Gasteiger partial charge in [-0.1, -0.05) is 36.4 Å². The summed E-state index contributed by atoms with van der Waals surface area (Å²) in [5.41, 5.74) is 3.01. The molecule has 3 rings (SSSR count). The molecule has 0 bridgehead atoms. The summed E-state index contributed by atoms with van der Waals surface area (Å²) in [6.45, 7) is 0.0977. The number of carbonyl (C=O) groups is 3. The van der Waals surface area contributed by atoms with Gasteiger partial charge in [0.1, 0.15) is 0 Å². The number of hydrogen-bond acceptors (Lipinski definition) is 4. The molecular weight excluding hydrogens is 296 g/mol. The van der Waals surface area contributed by atoms with E-state index in [1.165, 1.54) is 12.1 Å². The van der Waals surface area contributed by atoms with Crippen molar-refractivity contribution in [3.05, 3.63) is 48.0 Å². The third-order valence-corrected chi connectivity index (χ3v) is 3.89. The highest BCUT2D eigenvalue weighted by Crippen LogP contribution is 2.21. The molecule has 0 aromatic heterocycles. The molecule has 0 saturated carbocycles. The van der Waals surface area contributed by atoms with Crippen LogP contribution >= 0.6 is 0 Å². The summed E-state index contributed by atoms with van der Waals surface area (Å²) in [6.07, 6.45) is 0.0198. The fourth-order valence-electron chi connectivity index (χ4n) is 2.77. The number of benzene rings is 2. The van der Waals surface area contributed by atoms with Crippen LogP contribution in [0.3, 0.4) is 0 Å². The molecule has 6 heteroatoms. The standard InChI is InChI=1S/C17H16N2O4/c1-23-17(22)12-9-15(20)18-19(10-12)16(21)14-8-4-6-11-5-2-3-7-13(11)14/h2-8,12H,9-10H2,1H3,(H,18,20). The van der Waals surface area contributed by atoms with Crippen LogP contribution in [0.15, 0.2) is 42.5 Å². The van der Waals surface area contributed by atoms with Crippen LogP contribution in [-0.4, -0.2) is 36.4 Å². The highest BCUT2D eigenvalue weighted by atomic mass is 16.5. The van der Waals surface area contributed by atoms with Crippen molar-refractivity contribution >= 4 is 28.6 Å².